The van der Waals surface area contributed by atoms with Crippen molar-refractivity contribution in [3.05, 3.63) is 36.5 Å². The summed E-state index contributed by atoms with van der Waals surface area (Å²) in [6, 6.07) is 0. The van der Waals surface area contributed by atoms with Gasteiger partial charge in [0.1, 0.15) is 19.3 Å². The Hall–Kier alpha value is -1.92. The maximum Gasteiger partial charge on any atom is 0.305 e. The minimum Gasteiger partial charge on any atom is -0.463 e. The Morgan fingerprint density at radius 2 is 1.29 bits per heavy atom. The van der Waals surface area contributed by atoms with Gasteiger partial charge in [0.25, 0.3) is 0 Å². The number of unbranched alkanes of at least 4 members (excludes halogenated alkanes) is 9. The first-order chi connectivity index (χ1) is 17.0. The molecule has 0 saturated heterocycles. The van der Waals surface area contributed by atoms with Crippen LogP contribution in [0.5, 0.6) is 0 Å². The number of aliphatic hydroxyl groups is 2. The standard InChI is InChI=1S/C29H50O6/c1-3-5-7-13-18-22-28(32)34-24-27(31)25-35-29(33)23-19-15-12-10-8-9-11-14-17-21-26(30)20-16-6-4-2/h6,11,14,16-17,21,26-27,30-31H,3-5,7-10,12-13,15,18-20,22-25H2,1-2H3/b14-11+,16-6+,21-17+/t26?,27-/m0/s1. The minimum atomic E-state index is -0.980. The number of carbonyl (C=O) groups is 2. The second kappa shape index (κ2) is 25.2. The number of hydrogen-bond acceptors (Lipinski definition) is 6. The molecule has 0 saturated carbocycles. The highest BCUT2D eigenvalue weighted by Gasteiger charge is 2.12. The van der Waals surface area contributed by atoms with Crippen LogP contribution in [0.4, 0.5) is 0 Å². The van der Waals surface area contributed by atoms with Crippen molar-refractivity contribution in [1.82, 2.24) is 0 Å². The lowest BCUT2D eigenvalue weighted by Gasteiger charge is -2.12. The van der Waals surface area contributed by atoms with Gasteiger partial charge in [-0.2, -0.15) is 0 Å². The van der Waals surface area contributed by atoms with Crippen molar-refractivity contribution in [3.8, 4) is 0 Å². The second-order valence-corrected chi connectivity index (χ2v) is 8.99. The van der Waals surface area contributed by atoms with Gasteiger partial charge < -0.3 is 19.7 Å². The summed E-state index contributed by atoms with van der Waals surface area (Å²) < 4.78 is 10.1. The number of carbonyl (C=O) groups excluding carboxylic acids is 2. The Labute approximate surface area is 213 Å². The Kier molecular flexibility index (Phi) is 23.8. The Morgan fingerprint density at radius 1 is 0.714 bits per heavy atom. The van der Waals surface area contributed by atoms with E-state index >= 15 is 0 Å². The third-order valence-electron chi connectivity index (χ3n) is 5.47. The molecule has 1 unspecified atom stereocenters. The summed E-state index contributed by atoms with van der Waals surface area (Å²) in [5.41, 5.74) is 0. The topological polar surface area (TPSA) is 93.1 Å². The van der Waals surface area contributed by atoms with E-state index in [1.165, 1.54) is 6.42 Å². The maximum atomic E-state index is 11.8. The molecule has 202 valence electrons. The van der Waals surface area contributed by atoms with Crippen molar-refractivity contribution in [2.45, 2.75) is 122 Å². The van der Waals surface area contributed by atoms with E-state index in [-0.39, 0.29) is 25.2 Å². The van der Waals surface area contributed by atoms with E-state index in [0.29, 0.717) is 19.3 Å². The molecule has 35 heavy (non-hydrogen) atoms. The predicted octanol–water partition coefficient (Wildman–Crippen LogP) is 6.35. The van der Waals surface area contributed by atoms with Crippen molar-refractivity contribution >= 4 is 11.9 Å². The quantitative estimate of drug-likeness (QED) is 0.0743. The highest BCUT2D eigenvalue weighted by molar-refractivity contribution is 5.69. The summed E-state index contributed by atoms with van der Waals surface area (Å²) in [5, 5.41) is 19.6. The van der Waals surface area contributed by atoms with Crippen LogP contribution in [-0.2, 0) is 19.1 Å². The van der Waals surface area contributed by atoms with Gasteiger partial charge in [-0.25, -0.2) is 0 Å². The molecule has 0 radical (unpaired) electrons. The van der Waals surface area contributed by atoms with E-state index in [1.807, 2.05) is 18.2 Å². The van der Waals surface area contributed by atoms with Crippen molar-refractivity contribution in [2.24, 2.45) is 0 Å². The van der Waals surface area contributed by atoms with Gasteiger partial charge in [-0.05, 0) is 38.5 Å². The molecule has 0 fully saturated rings. The molecule has 0 aliphatic heterocycles. The van der Waals surface area contributed by atoms with Gasteiger partial charge in [0.15, 0.2) is 0 Å². The Bertz CT molecular complexity index is 596. The van der Waals surface area contributed by atoms with Crippen LogP contribution in [0.3, 0.4) is 0 Å². The average molecular weight is 495 g/mol. The predicted molar refractivity (Wildman–Crippen MR) is 142 cm³/mol. The van der Waals surface area contributed by atoms with E-state index in [4.69, 9.17) is 9.47 Å². The van der Waals surface area contributed by atoms with Crippen LogP contribution in [-0.4, -0.2) is 47.6 Å². The van der Waals surface area contributed by atoms with Crippen LogP contribution in [0.15, 0.2) is 36.5 Å². The van der Waals surface area contributed by atoms with E-state index in [1.54, 1.807) is 6.08 Å². The van der Waals surface area contributed by atoms with Crippen LogP contribution in [0.2, 0.25) is 0 Å². The number of rotatable bonds is 23. The minimum absolute atomic E-state index is 0.137. The molecule has 2 N–H and O–H groups in total. The summed E-state index contributed by atoms with van der Waals surface area (Å²) in [4.78, 5) is 23.4. The maximum absolute atomic E-state index is 11.8. The molecule has 0 aromatic carbocycles. The lowest BCUT2D eigenvalue weighted by atomic mass is 10.1. The van der Waals surface area contributed by atoms with Gasteiger partial charge in [-0.1, -0.05) is 95.2 Å². The van der Waals surface area contributed by atoms with Crippen LogP contribution in [0.1, 0.15) is 110 Å². The van der Waals surface area contributed by atoms with Crippen molar-refractivity contribution in [3.63, 3.8) is 0 Å². The largest absolute Gasteiger partial charge is 0.463 e. The van der Waals surface area contributed by atoms with Gasteiger partial charge in [-0.3, -0.25) is 9.59 Å². The zero-order valence-corrected chi connectivity index (χ0v) is 22.2. The van der Waals surface area contributed by atoms with Gasteiger partial charge in [0, 0.05) is 12.8 Å². The molecule has 0 rings (SSSR count). The molecule has 6 heteroatoms. The van der Waals surface area contributed by atoms with Crippen LogP contribution in [0.25, 0.3) is 0 Å². The molecule has 2 atom stereocenters. The van der Waals surface area contributed by atoms with Gasteiger partial charge >= 0.3 is 11.9 Å². The lowest BCUT2D eigenvalue weighted by molar-refractivity contribution is -0.152. The zero-order chi connectivity index (χ0) is 26.0. The average Bonchev–Trinajstić information content (AvgIpc) is 2.84. The summed E-state index contributed by atoms with van der Waals surface area (Å²) in [7, 11) is 0. The number of esters is 2. The fourth-order valence-electron chi connectivity index (χ4n) is 3.35. The Balaban J connectivity index is 3.58. The molecule has 0 aromatic rings. The molecule has 0 amide bonds. The summed E-state index contributed by atoms with van der Waals surface area (Å²) in [6.45, 7) is 3.94. The molecule has 0 heterocycles. The van der Waals surface area contributed by atoms with Gasteiger partial charge in [-0.15, -0.1) is 0 Å². The summed E-state index contributed by atoms with van der Waals surface area (Å²) >= 11 is 0. The first-order valence-corrected chi connectivity index (χ1v) is 13.6. The van der Waals surface area contributed by atoms with Crippen LogP contribution in [0, 0.1) is 0 Å². The van der Waals surface area contributed by atoms with Crippen molar-refractivity contribution < 1.29 is 29.3 Å². The molecular formula is C29H50O6. The highest BCUT2D eigenvalue weighted by Crippen LogP contribution is 2.09. The molecule has 0 aromatic heterocycles. The third kappa shape index (κ3) is 25.0. The number of aliphatic hydroxyl groups excluding tert-OH is 2. The highest BCUT2D eigenvalue weighted by atomic mass is 16.6. The molecule has 0 spiro atoms. The van der Waals surface area contributed by atoms with Crippen molar-refractivity contribution in [2.75, 3.05) is 13.2 Å². The number of ether oxygens (including phenoxy) is 2. The zero-order valence-electron chi connectivity index (χ0n) is 22.2. The first kappa shape index (κ1) is 33.1. The van der Waals surface area contributed by atoms with Crippen LogP contribution >= 0.6 is 0 Å². The van der Waals surface area contributed by atoms with E-state index in [9.17, 15) is 19.8 Å². The van der Waals surface area contributed by atoms with E-state index in [2.05, 4.69) is 26.0 Å². The summed E-state index contributed by atoms with van der Waals surface area (Å²) in [5.74, 6) is -0.638. The fourth-order valence-corrected chi connectivity index (χ4v) is 3.35. The van der Waals surface area contributed by atoms with E-state index < -0.39 is 12.2 Å². The normalized spacial score (nSPS) is 13.6. The molecule has 6 nitrogen and oxygen atoms in total. The molecular weight excluding hydrogens is 444 g/mol. The third-order valence-corrected chi connectivity index (χ3v) is 5.47. The van der Waals surface area contributed by atoms with Crippen molar-refractivity contribution in [1.29, 1.82) is 0 Å². The summed E-state index contributed by atoms with van der Waals surface area (Å²) in [6.07, 6.45) is 24.1. The van der Waals surface area contributed by atoms with E-state index in [0.717, 1.165) is 70.6 Å². The van der Waals surface area contributed by atoms with Gasteiger partial charge in [0.2, 0.25) is 0 Å². The van der Waals surface area contributed by atoms with Crippen LogP contribution < -0.4 is 0 Å². The smallest absolute Gasteiger partial charge is 0.305 e. The number of hydrogen-bond donors (Lipinski definition) is 2. The number of allylic oxidation sites excluding steroid dienone is 4. The monoisotopic (exact) mass is 494 g/mol. The first-order valence-electron chi connectivity index (χ1n) is 13.6. The Morgan fingerprint density at radius 3 is 1.89 bits per heavy atom. The van der Waals surface area contributed by atoms with Gasteiger partial charge in [0.05, 0.1) is 6.10 Å². The second-order valence-electron chi connectivity index (χ2n) is 8.99. The SMILES string of the molecule is CC/C=C/CC(O)/C=C/C=C/CCCCCCCC(=O)OC[C@@H](O)COC(=O)CCCCCCC. The molecule has 0 bridgehead atoms. The molecule has 0 aliphatic carbocycles. The molecule has 0 aliphatic rings. The fraction of sp³-hybridized carbons (Fsp3) is 0.724. The lowest BCUT2D eigenvalue weighted by Crippen LogP contribution is -2.25.